The summed E-state index contributed by atoms with van der Waals surface area (Å²) in [7, 11) is 1.63. The Morgan fingerprint density at radius 1 is 0.750 bits per heavy atom. The predicted octanol–water partition coefficient (Wildman–Crippen LogP) is 0.209. The zero-order valence-electron chi connectivity index (χ0n) is 17.4. The molecule has 0 aromatic carbocycles. The highest BCUT2D eigenvalue weighted by molar-refractivity contribution is 4.89. The Balaban J connectivity index is 2.47. The summed E-state index contributed by atoms with van der Waals surface area (Å²) in [4.78, 5) is 0. The van der Waals surface area contributed by atoms with Crippen LogP contribution in [-0.4, -0.2) is 108 Å². The summed E-state index contributed by atoms with van der Waals surface area (Å²) in [6, 6.07) is 0. The molecule has 28 heavy (non-hydrogen) atoms. The third kappa shape index (κ3) is 9.43. The molecule has 0 amide bonds. The van der Waals surface area contributed by atoms with E-state index in [9.17, 15) is 0 Å². The number of ether oxygens (including phenoxy) is 7. The Bertz CT molecular complexity index is 358. The van der Waals surface area contributed by atoms with Gasteiger partial charge in [-0.3, -0.25) is 0 Å². The molecule has 9 nitrogen and oxygen atoms in total. The Labute approximate surface area is 168 Å². The van der Waals surface area contributed by atoms with Gasteiger partial charge in [0.25, 0.3) is 0 Å². The van der Waals surface area contributed by atoms with Gasteiger partial charge in [0.1, 0.15) is 6.10 Å². The van der Waals surface area contributed by atoms with Crippen molar-refractivity contribution < 1.29 is 43.4 Å². The normalized spacial score (nSPS) is 28.0. The summed E-state index contributed by atoms with van der Waals surface area (Å²) >= 11 is 0. The molecule has 0 aliphatic carbocycles. The standard InChI is InChI=1S/C19H38O9/c1-4-16-18(27-14-12-25-10-9-23-7-5-20)17(15(2)19(22-3)28-16)26-13-11-24-8-6-21/h15-21H,4-14H2,1-3H3. The van der Waals surface area contributed by atoms with Crippen molar-refractivity contribution in [1.82, 2.24) is 0 Å². The fourth-order valence-corrected chi connectivity index (χ4v) is 3.13. The van der Waals surface area contributed by atoms with Gasteiger partial charge in [-0.25, -0.2) is 0 Å². The summed E-state index contributed by atoms with van der Waals surface area (Å²) in [6.45, 7) is 7.22. The molecule has 0 bridgehead atoms. The Morgan fingerprint density at radius 3 is 1.75 bits per heavy atom. The minimum absolute atomic E-state index is 0.00585. The van der Waals surface area contributed by atoms with E-state index in [-0.39, 0.29) is 43.7 Å². The summed E-state index contributed by atoms with van der Waals surface area (Å²) in [5.41, 5.74) is 0. The van der Waals surface area contributed by atoms with Gasteiger partial charge in [-0.15, -0.1) is 0 Å². The second-order valence-electron chi connectivity index (χ2n) is 6.50. The zero-order chi connectivity index (χ0) is 20.6. The van der Waals surface area contributed by atoms with Gasteiger partial charge < -0.3 is 43.4 Å². The smallest absolute Gasteiger partial charge is 0.162 e. The van der Waals surface area contributed by atoms with E-state index >= 15 is 0 Å². The van der Waals surface area contributed by atoms with Gasteiger partial charge in [-0.05, 0) is 6.42 Å². The van der Waals surface area contributed by atoms with E-state index in [0.29, 0.717) is 52.9 Å². The van der Waals surface area contributed by atoms with Crippen LogP contribution in [0.1, 0.15) is 20.3 Å². The number of methoxy groups -OCH3 is 1. The van der Waals surface area contributed by atoms with E-state index < -0.39 is 0 Å². The number of aliphatic hydroxyl groups is 2. The highest BCUT2D eigenvalue weighted by atomic mass is 16.7. The molecule has 5 atom stereocenters. The maximum atomic E-state index is 8.78. The molecule has 1 fully saturated rings. The first-order chi connectivity index (χ1) is 13.7. The zero-order valence-corrected chi connectivity index (χ0v) is 17.4. The molecule has 0 saturated carbocycles. The van der Waals surface area contributed by atoms with Crippen molar-refractivity contribution in [2.24, 2.45) is 5.92 Å². The number of hydrogen-bond acceptors (Lipinski definition) is 9. The molecule has 1 saturated heterocycles. The Kier molecular flexibility index (Phi) is 15.1. The molecule has 1 aliphatic heterocycles. The van der Waals surface area contributed by atoms with Crippen molar-refractivity contribution in [2.75, 3.05) is 73.2 Å². The van der Waals surface area contributed by atoms with E-state index in [0.717, 1.165) is 6.42 Å². The largest absolute Gasteiger partial charge is 0.394 e. The summed E-state index contributed by atoms with van der Waals surface area (Å²) < 4.78 is 39.6. The molecule has 0 spiro atoms. The van der Waals surface area contributed by atoms with Gasteiger partial charge in [-0.2, -0.15) is 0 Å². The molecule has 9 heteroatoms. The second-order valence-corrected chi connectivity index (χ2v) is 6.50. The number of rotatable bonds is 17. The van der Waals surface area contributed by atoms with Crippen LogP contribution < -0.4 is 0 Å². The lowest BCUT2D eigenvalue weighted by molar-refractivity contribution is -0.287. The van der Waals surface area contributed by atoms with E-state index in [4.69, 9.17) is 43.4 Å². The highest BCUT2D eigenvalue weighted by Crippen LogP contribution is 2.31. The Hall–Kier alpha value is -0.360. The van der Waals surface area contributed by atoms with Gasteiger partial charge in [0.2, 0.25) is 0 Å². The van der Waals surface area contributed by atoms with Crippen LogP contribution in [0.3, 0.4) is 0 Å². The van der Waals surface area contributed by atoms with Crippen LogP contribution in [0.15, 0.2) is 0 Å². The quantitative estimate of drug-likeness (QED) is 0.326. The van der Waals surface area contributed by atoms with Gasteiger partial charge in [0.15, 0.2) is 6.29 Å². The van der Waals surface area contributed by atoms with Crippen LogP contribution in [0.5, 0.6) is 0 Å². The minimum Gasteiger partial charge on any atom is -0.394 e. The average Bonchev–Trinajstić information content (AvgIpc) is 2.71. The summed E-state index contributed by atoms with van der Waals surface area (Å²) in [6.07, 6.45) is -0.160. The van der Waals surface area contributed by atoms with Crippen molar-refractivity contribution in [3.05, 3.63) is 0 Å². The van der Waals surface area contributed by atoms with E-state index in [1.54, 1.807) is 7.11 Å². The maximum absolute atomic E-state index is 8.78. The lowest BCUT2D eigenvalue weighted by Gasteiger charge is -2.44. The van der Waals surface area contributed by atoms with Crippen LogP contribution in [0.25, 0.3) is 0 Å². The minimum atomic E-state index is -0.354. The van der Waals surface area contributed by atoms with E-state index in [1.807, 2.05) is 13.8 Å². The van der Waals surface area contributed by atoms with Crippen molar-refractivity contribution in [2.45, 2.75) is 44.9 Å². The predicted molar refractivity (Wildman–Crippen MR) is 101 cm³/mol. The molecular formula is C19H38O9. The average molecular weight is 411 g/mol. The monoisotopic (exact) mass is 410 g/mol. The van der Waals surface area contributed by atoms with E-state index in [1.165, 1.54) is 0 Å². The summed E-state index contributed by atoms with van der Waals surface area (Å²) in [5.74, 6) is -0.0107. The molecule has 1 rings (SSSR count). The van der Waals surface area contributed by atoms with Crippen LogP contribution in [-0.2, 0) is 33.2 Å². The third-order valence-electron chi connectivity index (χ3n) is 4.50. The molecule has 1 heterocycles. The van der Waals surface area contributed by atoms with Crippen LogP contribution in [0.2, 0.25) is 0 Å². The molecule has 5 unspecified atom stereocenters. The number of hydrogen-bond donors (Lipinski definition) is 2. The molecular weight excluding hydrogens is 372 g/mol. The first-order valence-electron chi connectivity index (χ1n) is 10.1. The maximum Gasteiger partial charge on any atom is 0.162 e. The van der Waals surface area contributed by atoms with Crippen LogP contribution in [0.4, 0.5) is 0 Å². The molecule has 168 valence electrons. The van der Waals surface area contributed by atoms with Crippen molar-refractivity contribution >= 4 is 0 Å². The fourth-order valence-electron chi connectivity index (χ4n) is 3.13. The number of aliphatic hydroxyl groups excluding tert-OH is 2. The first kappa shape index (κ1) is 25.7. The Morgan fingerprint density at radius 2 is 1.25 bits per heavy atom. The fraction of sp³-hybridized carbons (Fsp3) is 1.00. The third-order valence-corrected chi connectivity index (χ3v) is 4.50. The van der Waals surface area contributed by atoms with Crippen LogP contribution in [0, 0.1) is 5.92 Å². The van der Waals surface area contributed by atoms with Gasteiger partial charge in [-0.1, -0.05) is 13.8 Å². The lowest BCUT2D eigenvalue weighted by Crippen LogP contribution is -2.56. The van der Waals surface area contributed by atoms with Crippen LogP contribution >= 0.6 is 0 Å². The van der Waals surface area contributed by atoms with Gasteiger partial charge in [0.05, 0.1) is 78.3 Å². The molecule has 0 aromatic heterocycles. The molecule has 0 radical (unpaired) electrons. The SMILES string of the molecule is CCC1OC(OC)C(C)C(OCCOCCO)C1OCCOCCOCCO. The van der Waals surface area contributed by atoms with Gasteiger partial charge in [0, 0.05) is 13.0 Å². The molecule has 1 aliphatic rings. The first-order valence-corrected chi connectivity index (χ1v) is 10.1. The molecule has 0 aromatic rings. The van der Waals surface area contributed by atoms with Gasteiger partial charge >= 0.3 is 0 Å². The highest BCUT2D eigenvalue weighted by Gasteiger charge is 2.44. The lowest BCUT2D eigenvalue weighted by atomic mass is 9.90. The summed E-state index contributed by atoms with van der Waals surface area (Å²) in [5, 5.41) is 17.4. The van der Waals surface area contributed by atoms with Crippen molar-refractivity contribution in [1.29, 1.82) is 0 Å². The van der Waals surface area contributed by atoms with E-state index in [2.05, 4.69) is 0 Å². The van der Waals surface area contributed by atoms with Crippen molar-refractivity contribution in [3.63, 3.8) is 0 Å². The molecule has 2 N–H and O–H groups in total. The topological polar surface area (TPSA) is 105 Å². The second kappa shape index (κ2) is 16.4. The van der Waals surface area contributed by atoms with Crippen molar-refractivity contribution in [3.8, 4) is 0 Å².